The Bertz CT molecular complexity index is 1210. The van der Waals surface area contributed by atoms with Crippen LogP contribution in [0.15, 0.2) is 35.1 Å². The summed E-state index contributed by atoms with van der Waals surface area (Å²) in [6, 6.07) is 9.83. The maximum absolute atomic E-state index is 12.8. The smallest absolute Gasteiger partial charge is 0.349 e. The molecule has 1 aromatic heterocycles. The van der Waals surface area contributed by atoms with E-state index in [2.05, 4.69) is 28.1 Å². The Balaban J connectivity index is 1.70. The number of rotatable bonds is 5. The predicted octanol–water partition coefficient (Wildman–Crippen LogP) is 3.50. The molecule has 2 heterocycles. The largest absolute Gasteiger partial charge is 0.490 e. The Morgan fingerprint density at radius 2 is 2.16 bits per heavy atom. The molecule has 0 atom stereocenters. The third-order valence-corrected chi connectivity index (χ3v) is 6.24. The molecule has 8 heteroatoms. The summed E-state index contributed by atoms with van der Waals surface area (Å²) >= 11 is 6.48. The molecular formula is C23H24ClN3O4. The molecule has 0 saturated heterocycles. The Morgan fingerprint density at radius 1 is 1.32 bits per heavy atom. The van der Waals surface area contributed by atoms with Crippen molar-refractivity contribution in [3.63, 3.8) is 0 Å². The second-order valence-electron chi connectivity index (χ2n) is 7.97. The lowest BCUT2D eigenvalue weighted by molar-refractivity contribution is 0.132. The van der Waals surface area contributed by atoms with Crippen LogP contribution >= 0.6 is 11.6 Å². The number of aliphatic hydroxyl groups excluding tert-OH is 1. The Morgan fingerprint density at radius 3 is 2.94 bits per heavy atom. The summed E-state index contributed by atoms with van der Waals surface area (Å²) in [6.07, 6.45) is 2.41. The highest BCUT2D eigenvalue weighted by Gasteiger charge is 2.30. The van der Waals surface area contributed by atoms with Crippen LogP contribution in [0.5, 0.6) is 5.75 Å². The number of hydrogen-bond acceptors (Lipinski definition) is 6. The van der Waals surface area contributed by atoms with Crippen molar-refractivity contribution in [3.8, 4) is 5.75 Å². The zero-order valence-electron chi connectivity index (χ0n) is 17.3. The molecule has 0 bridgehead atoms. The number of benzene rings is 2. The van der Waals surface area contributed by atoms with Crippen LogP contribution in [0.25, 0.3) is 10.9 Å². The van der Waals surface area contributed by atoms with E-state index in [0.29, 0.717) is 47.8 Å². The van der Waals surface area contributed by atoms with Gasteiger partial charge in [-0.15, -0.1) is 0 Å². The van der Waals surface area contributed by atoms with Crippen LogP contribution in [-0.4, -0.2) is 41.0 Å². The highest BCUT2D eigenvalue weighted by molar-refractivity contribution is 6.33. The minimum atomic E-state index is -0.358. The normalized spacial score (nSPS) is 16.3. The minimum absolute atomic E-state index is 0.122. The first-order valence-electron chi connectivity index (χ1n) is 10.5. The number of aromatic nitrogens is 2. The molecule has 1 saturated carbocycles. The SMILES string of the molecule is Cn1c(=O)nc(N2CCOCc3c(C4CC4)cccc32)c2cc(Cl)c(OCCO)cc21. The lowest BCUT2D eigenvalue weighted by Crippen LogP contribution is -2.28. The Hall–Kier alpha value is -2.61. The van der Waals surface area contributed by atoms with Crippen LogP contribution in [-0.2, 0) is 18.4 Å². The summed E-state index contributed by atoms with van der Waals surface area (Å²) < 4.78 is 13.0. The molecular weight excluding hydrogens is 418 g/mol. The van der Waals surface area contributed by atoms with Crippen molar-refractivity contribution in [1.82, 2.24) is 9.55 Å². The highest BCUT2D eigenvalue weighted by atomic mass is 35.5. The number of halogens is 1. The predicted molar refractivity (Wildman–Crippen MR) is 120 cm³/mol. The Labute approximate surface area is 184 Å². The van der Waals surface area contributed by atoms with Crippen molar-refractivity contribution in [2.75, 3.05) is 31.3 Å². The average Bonchev–Trinajstić information content (AvgIpc) is 3.62. The van der Waals surface area contributed by atoms with E-state index in [1.165, 1.54) is 28.5 Å². The van der Waals surface area contributed by atoms with Crippen molar-refractivity contribution >= 4 is 34.0 Å². The van der Waals surface area contributed by atoms with E-state index in [9.17, 15) is 4.79 Å². The fraction of sp³-hybridized carbons (Fsp3) is 0.391. The molecule has 0 amide bonds. The lowest BCUT2D eigenvalue weighted by atomic mass is 10.0. The zero-order valence-corrected chi connectivity index (χ0v) is 18.1. The first-order valence-corrected chi connectivity index (χ1v) is 10.9. The van der Waals surface area contributed by atoms with E-state index >= 15 is 0 Å². The standard InChI is InChI=1S/C23H24ClN3O4/c1-26-20-12-21(31-10-8-28)18(24)11-16(20)22(25-23(26)29)27-7-9-30-13-17-15(14-5-6-14)3-2-4-19(17)27/h2-4,11-12,14,28H,5-10,13H2,1H3. The summed E-state index contributed by atoms with van der Waals surface area (Å²) in [5.74, 6) is 1.58. The van der Waals surface area contributed by atoms with Gasteiger partial charge in [-0.2, -0.15) is 4.98 Å². The molecule has 31 heavy (non-hydrogen) atoms. The van der Waals surface area contributed by atoms with E-state index < -0.39 is 0 Å². The molecule has 3 aromatic rings. The van der Waals surface area contributed by atoms with E-state index in [4.69, 9.17) is 26.2 Å². The van der Waals surface area contributed by atoms with Gasteiger partial charge in [0.25, 0.3) is 0 Å². The number of fused-ring (bicyclic) bond motifs is 2. The fourth-order valence-corrected chi connectivity index (χ4v) is 4.47. The van der Waals surface area contributed by atoms with Gasteiger partial charge in [-0.3, -0.25) is 4.57 Å². The first kappa shape index (κ1) is 20.3. The summed E-state index contributed by atoms with van der Waals surface area (Å²) in [6.45, 7) is 1.67. The van der Waals surface area contributed by atoms with Crippen LogP contribution in [0.2, 0.25) is 5.02 Å². The van der Waals surface area contributed by atoms with Gasteiger partial charge in [-0.05, 0) is 36.5 Å². The Kier molecular flexibility index (Phi) is 5.33. The first-order chi connectivity index (χ1) is 15.1. The molecule has 0 radical (unpaired) electrons. The molecule has 2 aliphatic rings. The van der Waals surface area contributed by atoms with E-state index in [-0.39, 0.29) is 18.9 Å². The van der Waals surface area contributed by atoms with Crippen molar-refractivity contribution in [1.29, 1.82) is 0 Å². The maximum atomic E-state index is 12.8. The van der Waals surface area contributed by atoms with Crippen LogP contribution in [0.3, 0.4) is 0 Å². The molecule has 1 N–H and O–H groups in total. The number of aliphatic hydroxyl groups is 1. The fourth-order valence-electron chi connectivity index (χ4n) is 4.25. The quantitative estimate of drug-likeness (QED) is 0.653. The average molecular weight is 442 g/mol. The van der Waals surface area contributed by atoms with Gasteiger partial charge in [0.1, 0.15) is 18.2 Å². The molecule has 1 aliphatic carbocycles. The molecule has 5 rings (SSSR count). The van der Waals surface area contributed by atoms with Gasteiger partial charge >= 0.3 is 5.69 Å². The van der Waals surface area contributed by atoms with Gasteiger partial charge < -0.3 is 19.5 Å². The molecule has 0 unspecified atom stereocenters. The van der Waals surface area contributed by atoms with E-state index in [0.717, 1.165) is 11.1 Å². The highest BCUT2D eigenvalue weighted by Crippen LogP contribution is 2.45. The van der Waals surface area contributed by atoms with Gasteiger partial charge in [-0.1, -0.05) is 23.7 Å². The molecule has 162 valence electrons. The van der Waals surface area contributed by atoms with Crippen LogP contribution < -0.4 is 15.3 Å². The molecule has 0 spiro atoms. The van der Waals surface area contributed by atoms with Crippen molar-refractivity contribution < 1.29 is 14.6 Å². The van der Waals surface area contributed by atoms with Gasteiger partial charge in [0.05, 0.1) is 30.4 Å². The van der Waals surface area contributed by atoms with Crippen molar-refractivity contribution in [3.05, 3.63) is 57.0 Å². The second-order valence-corrected chi connectivity index (χ2v) is 8.38. The van der Waals surface area contributed by atoms with Crippen LogP contribution in [0.1, 0.15) is 29.9 Å². The lowest BCUT2D eigenvalue weighted by Gasteiger charge is -2.26. The molecule has 1 aliphatic heterocycles. The monoisotopic (exact) mass is 441 g/mol. The second kappa shape index (κ2) is 8.15. The summed E-state index contributed by atoms with van der Waals surface area (Å²) in [5, 5.41) is 10.2. The van der Waals surface area contributed by atoms with Crippen LogP contribution in [0.4, 0.5) is 11.5 Å². The topological polar surface area (TPSA) is 76.8 Å². The summed E-state index contributed by atoms with van der Waals surface area (Å²) in [7, 11) is 1.68. The van der Waals surface area contributed by atoms with Gasteiger partial charge in [0.15, 0.2) is 0 Å². The zero-order chi connectivity index (χ0) is 21.5. The van der Waals surface area contributed by atoms with Crippen molar-refractivity contribution in [2.45, 2.75) is 25.4 Å². The molecule has 2 aromatic carbocycles. The number of aryl methyl sites for hydroxylation is 1. The minimum Gasteiger partial charge on any atom is -0.490 e. The number of hydrogen-bond donors (Lipinski definition) is 1. The van der Waals surface area contributed by atoms with Gasteiger partial charge in [-0.25, -0.2) is 4.79 Å². The summed E-state index contributed by atoms with van der Waals surface area (Å²) in [4.78, 5) is 19.3. The molecule has 7 nitrogen and oxygen atoms in total. The van der Waals surface area contributed by atoms with Gasteiger partial charge in [0, 0.05) is 36.3 Å². The molecule has 1 fully saturated rings. The third kappa shape index (κ3) is 3.67. The number of ether oxygens (including phenoxy) is 2. The van der Waals surface area contributed by atoms with E-state index in [1.807, 2.05) is 0 Å². The van der Waals surface area contributed by atoms with Gasteiger partial charge in [0.2, 0.25) is 0 Å². The van der Waals surface area contributed by atoms with E-state index in [1.54, 1.807) is 19.2 Å². The number of nitrogens with zero attached hydrogens (tertiary/aromatic N) is 3. The summed E-state index contributed by atoms with van der Waals surface area (Å²) in [5.41, 5.74) is 3.84. The maximum Gasteiger partial charge on any atom is 0.349 e. The third-order valence-electron chi connectivity index (χ3n) is 5.95. The van der Waals surface area contributed by atoms with Crippen LogP contribution in [0, 0.1) is 0 Å². The van der Waals surface area contributed by atoms with Crippen molar-refractivity contribution in [2.24, 2.45) is 7.05 Å². The number of anilines is 2.